The Bertz CT molecular complexity index is 466. The van der Waals surface area contributed by atoms with Crippen LogP contribution in [0.15, 0.2) is 12.1 Å². The van der Waals surface area contributed by atoms with Crippen LogP contribution in [-0.2, 0) is 22.5 Å². The molecule has 1 aromatic rings. The van der Waals surface area contributed by atoms with Gasteiger partial charge in [-0.2, -0.15) is 5.26 Å². The molecule has 0 amide bonds. The summed E-state index contributed by atoms with van der Waals surface area (Å²) < 4.78 is 18.1. The third-order valence-corrected chi connectivity index (χ3v) is 2.25. The summed E-state index contributed by atoms with van der Waals surface area (Å²) in [5.74, 6) is -0.977. The van der Waals surface area contributed by atoms with Crippen molar-refractivity contribution in [3.63, 3.8) is 0 Å². The summed E-state index contributed by atoms with van der Waals surface area (Å²) in [7, 11) is 0. The molecule has 4 nitrogen and oxygen atoms in total. The lowest BCUT2D eigenvalue weighted by atomic mass is 10.0. The Morgan fingerprint density at radius 1 is 1.53 bits per heavy atom. The van der Waals surface area contributed by atoms with Crippen molar-refractivity contribution < 1.29 is 13.9 Å². The van der Waals surface area contributed by atoms with Crippen LogP contribution in [0.4, 0.5) is 4.39 Å². The van der Waals surface area contributed by atoms with Gasteiger partial charge in [-0.15, -0.1) is 0 Å². The second-order valence-corrected chi connectivity index (χ2v) is 3.40. The van der Waals surface area contributed by atoms with Crippen LogP contribution in [0, 0.1) is 17.1 Å². The summed E-state index contributed by atoms with van der Waals surface area (Å²) in [6.45, 7) is 1.98. The number of esters is 1. The van der Waals surface area contributed by atoms with Crippen molar-refractivity contribution in [1.82, 2.24) is 0 Å². The van der Waals surface area contributed by atoms with Gasteiger partial charge in [0.05, 0.1) is 24.7 Å². The van der Waals surface area contributed by atoms with Crippen molar-refractivity contribution >= 4 is 5.97 Å². The van der Waals surface area contributed by atoms with Gasteiger partial charge in [-0.1, -0.05) is 0 Å². The van der Waals surface area contributed by atoms with E-state index < -0.39 is 11.8 Å². The minimum Gasteiger partial charge on any atom is -0.466 e. The maximum Gasteiger partial charge on any atom is 0.310 e. The van der Waals surface area contributed by atoms with Crippen molar-refractivity contribution in [3.05, 3.63) is 34.6 Å². The van der Waals surface area contributed by atoms with Gasteiger partial charge in [-0.25, -0.2) is 4.39 Å². The molecule has 0 bridgehead atoms. The van der Waals surface area contributed by atoms with Crippen molar-refractivity contribution in [3.8, 4) is 6.07 Å². The number of nitrogens with zero attached hydrogens (tertiary/aromatic N) is 1. The maximum absolute atomic E-state index is 13.4. The quantitative estimate of drug-likeness (QED) is 0.798. The molecule has 0 unspecified atom stereocenters. The fraction of sp³-hybridized carbons (Fsp3) is 0.333. The minimum atomic E-state index is -0.531. The van der Waals surface area contributed by atoms with Crippen LogP contribution in [-0.4, -0.2) is 12.6 Å². The summed E-state index contributed by atoms with van der Waals surface area (Å²) >= 11 is 0. The standard InChI is InChI=1S/C12H13FN2O2/c1-2-17-12(16)5-8-3-10(7-15)11(13)4-9(8)6-14/h3-4H,2,5,7,15H2,1H3. The zero-order chi connectivity index (χ0) is 12.8. The molecule has 0 fully saturated rings. The molecule has 1 rings (SSSR count). The van der Waals surface area contributed by atoms with Gasteiger partial charge >= 0.3 is 5.97 Å². The van der Waals surface area contributed by atoms with Crippen LogP contribution < -0.4 is 5.73 Å². The van der Waals surface area contributed by atoms with E-state index in [-0.39, 0.29) is 30.7 Å². The first-order valence-corrected chi connectivity index (χ1v) is 5.19. The van der Waals surface area contributed by atoms with E-state index in [9.17, 15) is 9.18 Å². The Morgan fingerprint density at radius 3 is 2.76 bits per heavy atom. The Morgan fingerprint density at radius 2 is 2.24 bits per heavy atom. The van der Waals surface area contributed by atoms with Crippen LogP contribution in [0.5, 0.6) is 0 Å². The number of hydrogen-bond donors (Lipinski definition) is 1. The van der Waals surface area contributed by atoms with Crippen LogP contribution >= 0.6 is 0 Å². The zero-order valence-electron chi connectivity index (χ0n) is 9.50. The maximum atomic E-state index is 13.4. The van der Waals surface area contributed by atoms with Gasteiger partial charge in [-0.05, 0) is 24.6 Å². The average Bonchev–Trinajstić information content (AvgIpc) is 2.31. The number of carbonyl (C=O) groups is 1. The molecule has 0 atom stereocenters. The number of ether oxygens (including phenoxy) is 1. The van der Waals surface area contributed by atoms with Crippen molar-refractivity contribution in [2.24, 2.45) is 5.73 Å². The second-order valence-electron chi connectivity index (χ2n) is 3.40. The number of hydrogen-bond acceptors (Lipinski definition) is 4. The summed E-state index contributed by atoms with van der Waals surface area (Å²) in [4.78, 5) is 11.3. The fourth-order valence-electron chi connectivity index (χ4n) is 1.44. The lowest BCUT2D eigenvalue weighted by Crippen LogP contribution is -2.10. The van der Waals surface area contributed by atoms with Crippen LogP contribution in [0.25, 0.3) is 0 Å². The molecule has 90 valence electrons. The molecular formula is C12H13FN2O2. The smallest absolute Gasteiger partial charge is 0.310 e. The molecule has 2 N–H and O–H groups in total. The van der Waals surface area contributed by atoms with Crippen LogP contribution in [0.2, 0.25) is 0 Å². The third kappa shape index (κ3) is 3.26. The highest BCUT2D eigenvalue weighted by atomic mass is 19.1. The topological polar surface area (TPSA) is 76.1 Å². The fourth-order valence-corrected chi connectivity index (χ4v) is 1.44. The molecule has 0 spiro atoms. The Hall–Kier alpha value is -1.93. The van der Waals surface area contributed by atoms with E-state index in [0.717, 1.165) is 6.07 Å². The number of nitrogens with two attached hydrogens (primary N) is 1. The van der Waals surface area contributed by atoms with E-state index in [1.807, 2.05) is 6.07 Å². The van der Waals surface area contributed by atoms with E-state index in [1.165, 1.54) is 6.07 Å². The van der Waals surface area contributed by atoms with Crippen molar-refractivity contribution in [2.45, 2.75) is 19.9 Å². The SMILES string of the molecule is CCOC(=O)Cc1cc(CN)c(F)cc1C#N. The summed E-state index contributed by atoms with van der Waals surface area (Å²) in [6, 6.07) is 4.38. The molecule has 5 heteroatoms. The molecule has 1 aromatic carbocycles. The summed E-state index contributed by atoms with van der Waals surface area (Å²) in [6.07, 6.45) is -0.0516. The molecule has 0 aliphatic heterocycles. The Balaban J connectivity index is 3.05. The highest BCUT2D eigenvalue weighted by molar-refractivity contribution is 5.73. The third-order valence-electron chi connectivity index (χ3n) is 2.25. The zero-order valence-corrected chi connectivity index (χ0v) is 9.50. The Labute approximate surface area is 98.8 Å². The molecule has 0 aromatic heterocycles. The van der Waals surface area contributed by atoms with Crippen molar-refractivity contribution in [2.75, 3.05) is 6.61 Å². The Kier molecular flexibility index (Phi) is 4.61. The monoisotopic (exact) mass is 236 g/mol. The van der Waals surface area contributed by atoms with E-state index >= 15 is 0 Å². The van der Waals surface area contributed by atoms with E-state index in [2.05, 4.69) is 0 Å². The lowest BCUT2D eigenvalue weighted by molar-refractivity contribution is -0.142. The minimum absolute atomic E-state index is 0.0212. The van der Waals surface area contributed by atoms with E-state index in [0.29, 0.717) is 5.56 Å². The molecule has 0 heterocycles. The van der Waals surface area contributed by atoms with Gasteiger partial charge in [0, 0.05) is 12.1 Å². The predicted octanol–water partition coefficient (Wildman–Crippen LogP) is 1.26. The second kappa shape index (κ2) is 5.97. The molecule has 0 aliphatic rings. The number of benzene rings is 1. The first-order valence-electron chi connectivity index (χ1n) is 5.19. The average molecular weight is 236 g/mol. The number of rotatable bonds is 4. The van der Waals surface area contributed by atoms with Gasteiger partial charge in [0.1, 0.15) is 5.82 Å². The van der Waals surface area contributed by atoms with Gasteiger partial charge in [-0.3, -0.25) is 4.79 Å². The highest BCUT2D eigenvalue weighted by Crippen LogP contribution is 2.16. The molecule has 0 saturated carbocycles. The summed E-state index contributed by atoms with van der Waals surface area (Å²) in [5, 5.41) is 8.85. The van der Waals surface area contributed by atoms with Gasteiger partial charge in [0.15, 0.2) is 0 Å². The molecule has 0 saturated heterocycles. The summed E-state index contributed by atoms with van der Waals surface area (Å²) in [5.41, 5.74) is 6.21. The molecular weight excluding hydrogens is 223 g/mol. The molecule has 0 aliphatic carbocycles. The number of halogens is 1. The van der Waals surface area contributed by atoms with E-state index in [1.54, 1.807) is 6.92 Å². The van der Waals surface area contributed by atoms with Crippen molar-refractivity contribution in [1.29, 1.82) is 5.26 Å². The molecule has 0 radical (unpaired) electrons. The van der Waals surface area contributed by atoms with Crippen LogP contribution in [0.3, 0.4) is 0 Å². The van der Waals surface area contributed by atoms with Gasteiger partial charge in [0.25, 0.3) is 0 Å². The van der Waals surface area contributed by atoms with E-state index in [4.69, 9.17) is 15.7 Å². The number of carbonyl (C=O) groups excluding carboxylic acids is 1. The predicted molar refractivity (Wildman–Crippen MR) is 59.3 cm³/mol. The van der Waals surface area contributed by atoms with Crippen LogP contribution in [0.1, 0.15) is 23.6 Å². The highest BCUT2D eigenvalue weighted by Gasteiger charge is 2.12. The lowest BCUT2D eigenvalue weighted by Gasteiger charge is -2.07. The van der Waals surface area contributed by atoms with Gasteiger partial charge < -0.3 is 10.5 Å². The number of nitriles is 1. The normalized spacial score (nSPS) is 9.76. The first kappa shape index (κ1) is 13.1. The first-order chi connectivity index (χ1) is 8.12. The van der Waals surface area contributed by atoms with Gasteiger partial charge in [0.2, 0.25) is 0 Å². The largest absolute Gasteiger partial charge is 0.466 e. The molecule has 17 heavy (non-hydrogen) atoms.